The van der Waals surface area contributed by atoms with E-state index in [-0.39, 0.29) is 12.4 Å². The number of rotatable bonds is 4. The number of carbonyl (C=O) groups excluding carboxylic acids is 1. The molecule has 1 atom stereocenters. The molecule has 1 aromatic carbocycles. The maximum absolute atomic E-state index is 11.3. The lowest BCUT2D eigenvalue weighted by Crippen LogP contribution is -2.07. The maximum atomic E-state index is 11.3. The van der Waals surface area contributed by atoms with E-state index in [2.05, 4.69) is 15.9 Å². The van der Waals surface area contributed by atoms with Crippen LogP contribution in [0.25, 0.3) is 0 Å². The second kappa shape index (κ2) is 5.28. The third kappa shape index (κ3) is 2.58. The molecule has 0 aliphatic rings. The Hall–Kier alpha value is -0.870. The summed E-state index contributed by atoms with van der Waals surface area (Å²) in [5, 5.41) is 9.18. The molecule has 3 nitrogen and oxygen atoms in total. The lowest BCUT2D eigenvalue weighted by Gasteiger charge is -2.15. The number of ketones is 1. The molecule has 0 amide bonds. The van der Waals surface area contributed by atoms with Gasteiger partial charge in [-0.2, -0.15) is 0 Å². The molecule has 0 saturated heterocycles. The van der Waals surface area contributed by atoms with Crippen molar-refractivity contribution in [3.8, 4) is 5.75 Å². The van der Waals surface area contributed by atoms with Crippen molar-refractivity contribution in [3.05, 3.63) is 29.3 Å². The average Bonchev–Trinajstić information content (AvgIpc) is 2.26. The van der Waals surface area contributed by atoms with Gasteiger partial charge in [-0.05, 0) is 18.6 Å². The van der Waals surface area contributed by atoms with Crippen LogP contribution >= 0.6 is 15.9 Å². The van der Waals surface area contributed by atoms with Crippen LogP contribution in [0.5, 0.6) is 5.75 Å². The molecule has 0 spiro atoms. The molecule has 1 N–H and O–H groups in total. The van der Waals surface area contributed by atoms with E-state index in [4.69, 9.17) is 4.74 Å². The van der Waals surface area contributed by atoms with Crippen LogP contribution in [0.3, 0.4) is 0 Å². The fraction of sp³-hybridized carbons (Fsp3) is 0.364. The summed E-state index contributed by atoms with van der Waals surface area (Å²) in [4.78, 5) is 10.9. The molecular formula is C11H13BrO3. The predicted octanol–water partition coefficient (Wildman–Crippen LogP) is 2.21. The summed E-state index contributed by atoms with van der Waals surface area (Å²) in [6.45, 7) is 1.38. The number of Topliss-reactive ketones (excluding diaryl/α,β-unsaturated/α-hetero) is 1. The molecule has 0 aliphatic carbocycles. The van der Waals surface area contributed by atoms with Crippen LogP contribution in [-0.2, 0) is 11.4 Å². The molecule has 82 valence electrons. The zero-order valence-electron chi connectivity index (χ0n) is 8.66. The number of hydrogen-bond acceptors (Lipinski definition) is 3. The molecule has 1 unspecified atom stereocenters. The standard InChI is InChI=1S/C11H13BrO3/c1-7(14)11(12)10-8(6-13)4-3-5-9(10)15-2/h3-5,11,13H,6H2,1-2H3. The van der Waals surface area contributed by atoms with Crippen molar-refractivity contribution in [2.24, 2.45) is 0 Å². The van der Waals surface area contributed by atoms with Crippen LogP contribution in [0.1, 0.15) is 22.9 Å². The minimum atomic E-state index is -0.434. The van der Waals surface area contributed by atoms with Gasteiger partial charge in [-0.1, -0.05) is 28.1 Å². The van der Waals surface area contributed by atoms with Crippen LogP contribution in [0.15, 0.2) is 18.2 Å². The maximum Gasteiger partial charge on any atom is 0.147 e. The molecule has 15 heavy (non-hydrogen) atoms. The molecular weight excluding hydrogens is 260 g/mol. The Kier molecular flexibility index (Phi) is 4.29. The second-order valence-corrected chi connectivity index (χ2v) is 4.08. The van der Waals surface area contributed by atoms with E-state index in [0.717, 1.165) is 0 Å². The molecule has 0 aliphatic heterocycles. The van der Waals surface area contributed by atoms with Crippen LogP contribution in [0, 0.1) is 0 Å². The Morgan fingerprint density at radius 1 is 1.60 bits per heavy atom. The number of carbonyl (C=O) groups is 1. The lowest BCUT2D eigenvalue weighted by molar-refractivity contribution is -0.116. The molecule has 0 fully saturated rings. The van der Waals surface area contributed by atoms with Crippen LogP contribution in [0.4, 0.5) is 0 Å². The van der Waals surface area contributed by atoms with Crippen molar-refractivity contribution >= 4 is 21.7 Å². The van der Waals surface area contributed by atoms with Gasteiger partial charge in [0, 0.05) is 5.56 Å². The van der Waals surface area contributed by atoms with Crippen LogP contribution in [-0.4, -0.2) is 18.0 Å². The number of benzene rings is 1. The molecule has 0 saturated carbocycles. The highest BCUT2D eigenvalue weighted by Crippen LogP contribution is 2.34. The van der Waals surface area contributed by atoms with Gasteiger partial charge < -0.3 is 9.84 Å². The lowest BCUT2D eigenvalue weighted by atomic mass is 10.0. The summed E-state index contributed by atoms with van der Waals surface area (Å²) in [6.07, 6.45) is 0. The molecule has 0 bridgehead atoms. The van der Waals surface area contributed by atoms with Gasteiger partial charge >= 0.3 is 0 Å². The van der Waals surface area contributed by atoms with Crippen molar-refractivity contribution in [3.63, 3.8) is 0 Å². The first-order valence-corrected chi connectivity index (χ1v) is 5.44. The predicted molar refractivity (Wildman–Crippen MR) is 61.3 cm³/mol. The Bertz CT molecular complexity index is 341. The largest absolute Gasteiger partial charge is 0.496 e. The van der Waals surface area contributed by atoms with E-state index in [0.29, 0.717) is 16.9 Å². The minimum Gasteiger partial charge on any atom is -0.496 e. The van der Waals surface area contributed by atoms with E-state index in [9.17, 15) is 9.90 Å². The van der Waals surface area contributed by atoms with E-state index >= 15 is 0 Å². The highest BCUT2D eigenvalue weighted by molar-refractivity contribution is 9.09. The van der Waals surface area contributed by atoms with E-state index in [1.807, 2.05) is 0 Å². The minimum absolute atomic E-state index is 0.0193. The highest BCUT2D eigenvalue weighted by Gasteiger charge is 2.20. The molecule has 0 aromatic heterocycles. The summed E-state index contributed by atoms with van der Waals surface area (Å²) in [5.41, 5.74) is 1.40. The van der Waals surface area contributed by atoms with Gasteiger partial charge in [0.1, 0.15) is 16.4 Å². The molecule has 4 heteroatoms. The fourth-order valence-electron chi connectivity index (χ4n) is 1.40. The van der Waals surface area contributed by atoms with Gasteiger partial charge in [-0.3, -0.25) is 4.79 Å². The first-order valence-electron chi connectivity index (χ1n) is 4.53. The number of alkyl halides is 1. The molecule has 1 rings (SSSR count). The summed E-state index contributed by atoms with van der Waals surface area (Å²) in [5.74, 6) is 0.591. The Balaban J connectivity index is 3.27. The number of aliphatic hydroxyl groups excluding tert-OH is 1. The molecule has 0 heterocycles. The summed E-state index contributed by atoms with van der Waals surface area (Å²) >= 11 is 3.29. The van der Waals surface area contributed by atoms with Gasteiger partial charge in [0.25, 0.3) is 0 Å². The Morgan fingerprint density at radius 3 is 2.73 bits per heavy atom. The summed E-state index contributed by atoms with van der Waals surface area (Å²) in [6, 6.07) is 5.33. The van der Waals surface area contributed by atoms with Crippen molar-refractivity contribution < 1.29 is 14.6 Å². The quantitative estimate of drug-likeness (QED) is 0.855. The van der Waals surface area contributed by atoms with Gasteiger partial charge in [0.2, 0.25) is 0 Å². The van der Waals surface area contributed by atoms with Gasteiger partial charge in [-0.25, -0.2) is 0 Å². The Labute approximate surface area is 97.2 Å². The number of halogens is 1. The second-order valence-electron chi connectivity index (χ2n) is 3.16. The normalized spacial score (nSPS) is 12.3. The van der Waals surface area contributed by atoms with Crippen molar-refractivity contribution in [2.75, 3.05) is 7.11 Å². The first-order chi connectivity index (χ1) is 7.11. The highest BCUT2D eigenvalue weighted by atomic mass is 79.9. The van der Waals surface area contributed by atoms with Gasteiger partial charge in [0.05, 0.1) is 13.7 Å². The summed E-state index contributed by atoms with van der Waals surface area (Å²) < 4.78 is 5.17. The zero-order chi connectivity index (χ0) is 11.4. The zero-order valence-corrected chi connectivity index (χ0v) is 10.2. The molecule has 0 radical (unpaired) electrons. The van der Waals surface area contributed by atoms with Gasteiger partial charge in [0.15, 0.2) is 0 Å². The fourth-order valence-corrected chi connectivity index (χ4v) is 1.92. The smallest absolute Gasteiger partial charge is 0.147 e. The van der Waals surface area contributed by atoms with Crippen molar-refractivity contribution in [2.45, 2.75) is 18.4 Å². The van der Waals surface area contributed by atoms with E-state index in [1.54, 1.807) is 25.3 Å². The van der Waals surface area contributed by atoms with E-state index < -0.39 is 4.83 Å². The van der Waals surface area contributed by atoms with Crippen molar-refractivity contribution in [1.29, 1.82) is 0 Å². The van der Waals surface area contributed by atoms with Gasteiger partial charge in [-0.15, -0.1) is 0 Å². The Morgan fingerprint density at radius 2 is 2.27 bits per heavy atom. The number of aliphatic hydroxyl groups is 1. The SMILES string of the molecule is COc1cccc(CO)c1C(Br)C(C)=O. The average molecular weight is 273 g/mol. The number of ether oxygens (including phenoxy) is 1. The summed E-state index contributed by atoms with van der Waals surface area (Å²) in [7, 11) is 1.54. The third-order valence-corrected chi connectivity index (χ3v) is 3.26. The van der Waals surface area contributed by atoms with Crippen LogP contribution in [0.2, 0.25) is 0 Å². The van der Waals surface area contributed by atoms with Crippen LogP contribution < -0.4 is 4.74 Å². The number of methoxy groups -OCH3 is 1. The van der Waals surface area contributed by atoms with E-state index in [1.165, 1.54) is 6.92 Å². The monoisotopic (exact) mass is 272 g/mol. The number of hydrogen-bond donors (Lipinski definition) is 1. The first kappa shape index (κ1) is 12.2. The molecule has 1 aromatic rings. The third-order valence-electron chi connectivity index (χ3n) is 2.16. The van der Waals surface area contributed by atoms with Crippen molar-refractivity contribution in [1.82, 2.24) is 0 Å². The topological polar surface area (TPSA) is 46.5 Å².